The van der Waals surface area contributed by atoms with Gasteiger partial charge < -0.3 is 4.74 Å². The molecule has 0 aromatic heterocycles. The quantitative estimate of drug-likeness (QED) is 0.852. The number of benzene rings is 2. The molecular formula is C16H17ClFNO3S. The van der Waals surface area contributed by atoms with Crippen molar-refractivity contribution in [2.45, 2.75) is 24.8 Å². The lowest BCUT2D eigenvalue weighted by molar-refractivity contribution is 0.340. The van der Waals surface area contributed by atoms with Crippen molar-refractivity contribution >= 4 is 21.6 Å². The topological polar surface area (TPSA) is 55.4 Å². The lowest BCUT2D eigenvalue weighted by Crippen LogP contribution is -2.26. The zero-order valence-electron chi connectivity index (χ0n) is 12.7. The van der Waals surface area contributed by atoms with Gasteiger partial charge in [0.2, 0.25) is 10.0 Å². The summed E-state index contributed by atoms with van der Waals surface area (Å²) in [5.74, 6) is 0.0572. The Morgan fingerprint density at radius 2 is 1.87 bits per heavy atom. The van der Waals surface area contributed by atoms with Gasteiger partial charge in [-0.2, -0.15) is 0 Å². The smallest absolute Gasteiger partial charge is 0.241 e. The van der Waals surface area contributed by atoms with Crippen LogP contribution in [0.4, 0.5) is 4.39 Å². The van der Waals surface area contributed by atoms with Crippen molar-refractivity contribution in [3.8, 4) is 5.75 Å². The largest absolute Gasteiger partial charge is 0.492 e. The summed E-state index contributed by atoms with van der Waals surface area (Å²) in [6.45, 7) is 3.93. The molecule has 7 heteroatoms. The molecule has 2 aromatic carbocycles. The number of halogens is 2. The maximum absolute atomic E-state index is 12.9. The third kappa shape index (κ3) is 4.43. The molecule has 1 atom stereocenters. The van der Waals surface area contributed by atoms with Crippen LogP contribution < -0.4 is 9.46 Å². The van der Waals surface area contributed by atoms with Crippen molar-refractivity contribution in [2.75, 3.05) is 6.61 Å². The van der Waals surface area contributed by atoms with Gasteiger partial charge in [-0.25, -0.2) is 17.5 Å². The van der Waals surface area contributed by atoms with Crippen LogP contribution in [0, 0.1) is 5.82 Å². The summed E-state index contributed by atoms with van der Waals surface area (Å²) in [5.41, 5.74) is 0.659. The van der Waals surface area contributed by atoms with Crippen LogP contribution in [0.25, 0.3) is 0 Å². The number of hydrogen-bond donors (Lipinski definition) is 1. The molecule has 0 saturated heterocycles. The molecule has 0 saturated carbocycles. The van der Waals surface area contributed by atoms with E-state index in [1.165, 1.54) is 42.5 Å². The maximum atomic E-state index is 12.9. The maximum Gasteiger partial charge on any atom is 0.241 e. The van der Waals surface area contributed by atoms with E-state index in [1.54, 1.807) is 6.92 Å². The molecule has 0 bridgehead atoms. The second-order valence-electron chi connectivity index (χ2n) is 4.92. The van der Waals surface area contributed by atoms with Gasteiger partial charge in [0.25, 0.3) is 0 Å². The van der Waals surface area contributed by atoms with E-state index in [2.05, 4.69) is 4.72 Å². The van der Waals surface area contributed by atoms with Gasteiger partial charge in [0, 0.05) is 6.04 Å². The van der Waals surface area contributed by atoms with E-state index >= 15 is 0 Å². The minimum Gasteiger partial charge on any atom is -0.492 e. The van der Waals surface area contributed by atoms with Crippen LogP contribution in [0.3, 0.4) is 0 Å². The van der Waals surface area contributed by atoms with Crippen molar-refractivity contribution in [2.24, 2.45) is 0 Å². The second kappa shape index (κ2) is 7.29. The number of rotatable bonds is 6. The van der Waals surface area contributed by atoms with Crippen LogP contribution in [-0.2, 0) is 10.0 Å². The highest BCUT2D eigenvalue weighted by Gasteiger charge is 2.19. The zero-order chi connectivity index (χ0) is 17.0. The Kier molecular flexibility index (Phi) is 5.62. The number of nitrogens with one attached hydrogen (secondary N) is 1. The van der Waals surface area contributed by atoms with Crippen molar-refractivity contribution in [1.82, 2.24) is 4.72 Å². The van der Waals surface area contributed by atoms with Crippen LogP contribution in [0.5, 0.6) is 5.75 Å². The monoisotopic (exact) mass is 357 g/mol. The third-order valence-electron chi connectivity index (χ3n) is 3.22. The lowest BCUT2D eigenvalue weighted by Gasteiger charge is -2.15. The van der Waals surface area contributed by atoms with E-state index in [4.69, 9.17) is 16.3 Å². The summed E-state index contributed by atoms with van der Waals surface area (Å²) in [6, 6.07) is 9.42. The van der Waals surface area contributed by atoms with Crippen LogP contribution in [0.1, 0.15) is 25.5 Å². The van der Waals surface area contributed by atoms with E-state index in [0.717, 1.165) is 0 Å². The first kappa shape index (κ1) is 17.7. The minimum absolute atomic E-state index is 0.0416. The molecule has 0 aliphatic rings. The summed E-state index contributed by atoms with van der Waals surface area (Å²) >= 11 is 6.03. The fourth-order valence-corrected chi connectivity index (χ4v) is 3.60. The van der Waals surface area contributed by atoms with E-state index in [0.29, 0.717) is 17.9 Å². The molecule has 1 unspecified atom stereocenters. The summed E-state index contributed by atoms with van der Waals surface area (Å²) in [7, 11) is -3.76. The average Bonchev–Trinajstić information content (AvgIpc) is 2.49. The third-order valence-corrected chi connectivity index (χ3v) is 5.05. The van der Waals surface area contributed by atoms with E-state index in [9.17, 15) is 12.8 Å². The van der Waals surface area contributed by atoms with Gasteiger partial charge in [0.05, 0.1) is 16.5 Å². The lowest BCUT2D eigenvalue weighted by atomic mass is 10.1. The van der Waals surface area contributed by atoms with Gasteiger partial charge >= 0.3 is 0 Å². The Labute approximate surface area is 140 Å². The highest BCUT2D eigenvalue weighted by Crippen LogP contribution is 2.28. The Bertz CT molecular complexity index is 778. The van der Waals surface area contributed by atoms with Crippen LogP contribution in [0.15, 0.2) is 47.4 Å². The number of ether oxygens (including phenoxy) is 1. The van der Waals surface area contributed by atoms with Gasteiger partial charge in [0.1, 0.15) is 11.6 Å². The summed E-state index contributed by atoms with van der Waals surface area (Å²) in [5, 5.41) is 0.226. The molecule has 0 spiro atoms. The van der Waals surface area contributed by atoms with Gasteiger partial charge in [0.15, 0.2) is 0 Å². The zero-order valence-corrected chi connectivity index (χ0v) is 14.3. The van der Waals surface area contributed by atoms with Gasteiger partial charge in [-0.15, -0.1) is 0 Å². The van der Waals surface area contributed by atoms with E-state index in [1.807, 2.05) is 6.92 Å². The highest BCUT2D eigenvalue weighted by molar-refractivity contribution is 7.89. The Morgan fingerprint density at radius 1 is 1.22 bits per heavy atom. The Balaban J connectivity index is 2.21. The van der Waals surface area contributed by atoms with Crippen molar-refractivity contribution < 1.29 is 17.5 Å². The predicted molar refractivity (Wildman–Crippen MR) is 87.8 cm³/mol. The fourth-order valence-electron chi connectivity index (χ4n) is 2.04. The SMILES string of the molecule is CCOc1ccc(S(=O)(=O)NC(C)c2ccc(F)cc2)cc1Cl. The minimum atomic E-state index is -3.76. The normalized spacial score (nSPS) is 12.9. The molecule has 0 aliphatic carbocycles. The molecule has 2 rings (SSSR count). The number of sulfonamides is 1. The second-order valence-corrected chi connectivity index (χ2v) is 7.04. The van der Waals surface area contributed by atoms with Gasteiger partial charge in [-0.05, 0) is 49.7 Å². The van der Waals surface area contributed by atoms with Gasteiger partial charge in [-0.3, -0.25) is 0 Å². The standard InChI is InChI=1S/C16H17ClFNO3S/c1-3-22-16-9-8-14(10-15(16)17)23(20,21)19-11(2)12-4-6-13(18)7-5-12/h4-11,19H,3H2,1-2H3. The highest BCUT2D eigenvalue weighted by atomic mass is 35.5. The molecule has 0 heterocycles. The molecule has 124 valence electrons. The molecule has 1 N–H and O–H groups in total. The Hall–Kier alpha value is -1.63. The van der Waals surface area contributed by atoms with Gasteiger partial charge in [-0.1, -0.05) is 23.7 Å². The van der Waals surface area contributed by atoms with E-state index < -0.39 is 16.1 Å². The fraction of sp³-hybridized carbons (Fsp3) is 0.250. The molecule has 4 nitrogen and oxygen atoms in total. The molecule has 23 heavy (non-hydrogen) atoms. The number of hydrogen-bond acceptors (Lipinski definition) is 3. The first-order valence-electron chi connectivity index (χ1n) is 7.03. The predicted octanol–water partition coefficient (Wildman–Crippen LogP) is 3.92. The molecule has 0 aliphatic heterocycles. The van der Waals surface area contributed by atoms with Crippen LogP contribution in [0.2, 0.25) is 5.02 Å². The van der Waals surface area contributed by atoms with E-state index in [-0.39, 0.29) is 15.7 Å². The molecule has 0 radical (unpaired) electrons. The Morgan fingerprint density at radius 3 is 2.43 bits per heavy atom. The average molecular weight is 358 g/mol. The molecule has 2 aromatic rings. The summed E-state index contributed by atoms with van der Waals surface area (Å²) in [6.07, 6.45) is 0. The van der Waals surface area contributed by atoms with Crippen LogP contribution in [-0.4, -0.2) is 15.0 Å². The summed E-state index contributed by atoms with van der Waals surface area (Å²) < 4.78 is 45.6. The molecule has 0 fully saturated rings. The molecule has 0 amide bonds. The van der Waals surface area contributed by atoms with Crippen molar-refractivity contribution in [3.05, 3.63) is 58.9 Å². The summed E-state index contributed by atoms with van der Waals surface area (Å²) in [4.78, 5) is 0.0416. The van der Waals surface area contributed by atoms with Crippen LogP contribution >= 0.6 is 11.6 Å². The van der Waals surface area contributed by atoms with Crippen molar-refractivity contribution in [1.29, 1.82) is 0 Å². The molecular weight excluding hydrogens is 341 g/mol. The first-order chi connectivity index (χ1) is 10.8. The van der Waals surface area contributed by atoms with Crippen molar-refractivity contribution in [3.63, 3.8) is 0 Å². The first-order valence-corrected chi connectivity index (χ1v) is 8.89.